The molecule has 1 unspecified atom stereocenters. The first-order valence-corrected chi connectivity index (χ1v) is 7.04. The maximum atomic E-state index is 12.9. The molecule has 1 rings (SSSR count). The van der Waals surface area contributed by atoms with Gasteiger partial charge in [-0.15, -0.1) is 0 Å². The first kappa shape index (κ1) is 17.1. The Bertz CT molecular complexity index is 485. The lowest BCUT2D eigenvalue weighted by Gasteiger charge is -2.26. The van der Waals surface area contributed by atoms with E-state index >= 15 is 0 Å². The molecule has 0 bridgehead atoms. The molecule has 0 aliphatic rings. The summed E-state index contributed by atoms with van der Waals surface area (Å²) in [5.74, 6) is -1.75. The smallest absolute Gasteiger partial charge is 0.308 e. The lowest BCUT2D eigenvalue weighted by atomic mass is 10.1. The van der Waals surface area contributed by atoms with Gasteiger partial charge in [0, 0.05) is 13.1 Å². The van der Waals surface area contributed by atoms with E-state index in [-0.39, 0.29) is 30.6 Å². The first-order chi connectivity index (χ1) is 9.79. The molecule has 0 aromatic heterocycles. The van der Waals surface area contributed by atoms with Crippen molar-refractivity contribution < 1.29 is 19.1 Å². The van der Waals surface area contributed by atoms with E-state index in [4.69, 9.17) is 5.11 Å². The van der Waals surface area contributed by atoms with Gasteiger partial charge in [-0.05, 0) is 23.6 Å². The highest BCUT2D eigenvalue weighted by atomic mass is 19.1. The minimum Gasteiger partial charge on any atom is -0.481 e. The van der Waals surface area contributed by atoms with Crippen molar-refractivity contribution in [2.75, 3.05) is 13.1 Å². The number of benzene rings is 1. The highest BCUT2D eigenvalue weighted by Crippen LogP contribution is 2.10. The molecule has 1 atom stereocenters. The second kappa shape index (κ2) is 7.76. The van der Waals surface area contributed by atoms with Gasteiger partial charge in [-0.2, -0.15) is 0 Å². The third-order valence-corrected chi connectivity index (χ3v) is 3.12. The lowest BCUT2D eigenvalue weighted by molar-refractivity contribution is -0.143. The van der Waals surface area contributed by atoms with E-state index in [0.29, 0.717) is 6.54 Å². The van der Waals surface area contributed by atoms with Crippen LogP contribution in [-0.4, -0.2) is 35.0 Å². The molecule has 1 N–H and O–H groups in total. The van der Waals surface area contributed by atoms with Crippen LogP contribution in [0.4, 0.5) is 4.39 Å². The van der Waals surface area contributed by atoms with Crippen molar-refractivity contribution in [3.8, 4) is 0 Å². The van der Waals surface area contributed by atoms with E-state index in [1.54, 1.807) is 24.0 Å². The second-order valence-electron chi connectivity index (χ2n) is 5.74. The molecule has 5 heteroatoms. The van der Waals surface area contributed by atoms with E-state index in [0.717, 1.165) is 5.56 Å². The molecule has 0 saturated heterocycles. The summed E-state index contributed by atoms with van der Waals surface area (Å²) < 4.78 is 12.9. The SMILES string of the molecule is CC(C)CN(CC(C)C(=O)O)C(=O)Cc1ccc(F)cc1. The lowest BCUT2D eigenvalue weighted by Crippen LogP contribution is -2.40. The summed E-state index contributed by atoms with van der Waals surface area (Å²) in [6, 6.07) is 5.77. The number of rotatable bonds is 7. The number of halogens is 1. The highest BCUT2D eigenvalue weighted by molar-refractivity contribution is 5.79. The fourth-order valence-electron chi connectivity index (χ4n) is 2.02. The zero-order valence-corrected chi connectivity index (χ0v) is 12.7. The van der Waals surface area contributed by atoms with E-state index < -0.39 is 11.9 Å². The summed E-state index contributed by atoms with van der Waals surface area (Å²) in [6.07, 6.45) is 0.152. The van der Waals surface area contributed by atoms with Crippen molar-refractivity contribution in [2.24, 2.45) is 11.8 Å². The van der Waals surface area contributed by atoms with E-state index in [9.17, 15) is 14.0 Å². The molecule has 21 heavy (non-hydrogen) atoms. The molecule has 4 nitrogen and oxygen atoms in total. The summed E-state index contributed by atoms with van der Waals surface area (Å²) >= 11 is 0. The van der Waals surface area contributed by atoms with E-state index in [2.05, 4.69) is 0 Å². The van der Waals surface area contributed by atoms with Gasteiger partial charge in [0.05, 0.1) is 12.3 Å². The summed E-state index contributed by atoms with van der Waals surface area (Å²) in [7, 11) is 0. The number of amides is 1. The number of hydrogen-bond acceptors (Lipinski definition) is 2. The van der Waals surface area contributed by atoms with Crippen molar-refractivity contribution in [3.63, 3.8) is 0 Å². The quantitative estimate of drug-likeness (QED) is 0.841. The van der Waals surface area contributed by atoms with Crippen LogP contribution in [0.25, 0.3) is 0 Å². The molecule has 0 saturated carbocycles. The molecule has 0 aliphatic carbocycles. The van der Waals surface area contributed by atoms with Crippen LogP contribution >= 0.6 is 0 Å². The number of nitrogens with zero attached hydrogens (tertiary/aromatic N) is 1. The topological polar surface area (TPSA) is 57.6 Å². The average molecular weight is 295 g/mol. The summed E-state index contributed by atoms with van der Waals surface area (Å²) in [5, 5.41) is 8.99. The van der Waals surface area contributed by atoms with Crippen LogP contribution in [0.15, 0.2) is 24.3 Å². The van der Waals surface area contributed by atoms with Crippen LogP contribution in [0, 0.1) is 17.7 Å². The van der Waals surface area contributed by atoms with Crippen LogP contribution < -0.4 is 0 Å². The van der Waals surface area contributed by atoms with Crippen LogP contribution in [-0.2, 0) is 16.0 Å². The number of carbonyl (C=O) groups is 2. The number of carboxylic acid groups (broad SMARTS) is 1. The Hall–Kier alpha value is -1.91. The highest BCUT2D eigenvalue weighted by Gasteiger charge is 2.21. The summed E-state index contributed by atoms with van der Waals surface area (Å²) in [5.41, 5.74) is 0.720. The third-order valence-electron chi connectivity index (χ3n) is 3.12. The predicted octanol–water partition coefficient (Wildman–Crippen LogP) is 2.57. The van der Waals surface area contributed by atoms with Crippen LogP contribution in [0.1, 0.15) is 26.3 Å². The molecule has 0 heterocycles. The Labute approximate surface area is 124 Å². The normalized spacial score (nSPS) is 12.2. The third kappa shape index (κ3) is 5.94. The number of aliphatic carboxylic acids is 1. The van der Waals surface area contributed by atoms with Gasteiger partial charge in [0.1, 0.15) is 5.82 Å². The van der Waals surface area contributed by atoms with E-state index in [1.165, 1.54) is 12.1 Å². The fraction of sp³-hybridized carbons (Fsp3) is 0.500. The monoisotopic (exact) mass is 295 g/mol. The van der Waals surface area contributed by atoms with Crippen molar-refractivity contribution in [2.45, 2.75) is 27.2 Å². The maximum Gasteiger partial charge on any atom is 0.308 e. The Kier molecular flexibility index (Phi) is 6.34. The number of hydrogen-bond donors (Lipinski definition) is 1. The van der Waals surface area contributed by atoms with Crippen molar-refractivity contribution in [3.05, 3.63) is 35.6 Å². The molecule has 1 aromatic rings. The van der Waals surface area contributed by atoms with Gasteiger partial charge < -0.3 is 10.0 Å². The zero-order chi connectivity index (χ0) is 16.0. The molecule has 0 radical (unpaired) electrons. The predicted molar refractivity (Wildman–Crippen MR) is 78.3 cm³/mol. The molecular formula is C16H22FNO3. The van der Waals surface area contributed by atoms with Gasteiger partial charge in [-0.1, -0.05) is 32.9 Å². The van der Waals surface area contributed by atoms with E-state index in [1.807, 2.05) is 13.8 Å². The molecule has 0 fully saturated rings. The van der Waals surface area contributed by atoms with Crippen molar-refractivity contribution in [1.82, 2.24) is 4.90 Å². The molecule has 1 amide bonds. The van der Waals surface area contributed by atoms with Crippen molar-refractivity contribution in [1.29, 1.82) is 0 Å². The van der Waals surface area contributed by atoms with Gasteiger partial charge in [0.25, 0.3) is 0 Å². The maximum absolute atomic E-state index is 12.9. The number of carboxylic acids is 1. The van der Waals surface area contributed by atoms with Gasteiger partial charge in [-0.25, -0.2) is 4.39 Å². The largest absolute Gasteiger partial charge is 0.481 e. The fourth-order valence-corrected chi connectivity index (χ4v) is 2.02. The number of carbonyl (C=O) groups excluding carboxylic acids is 1. The second-order valence-corrected chi connectivity index (χ2v) is 5.74. The molecule has 116 valence electrons. The first-order valence-electron chi connectivity index (χ1n) is 7.04. The van der Waals surface area contributed by atoms with Crippen LogP contribution in [0.2, 0.25) is 0 Å². The Morgan fingerprint density at radius 2 is 1.71 bits per heavy atom. The van der Waals surface area contributed by atoms with Crippen LogP contribution in [0.5, 0.6) is 0 Å². The van der Waals surface area contributed by atoms with Gasteiger partial charge in [0.2, 0.25) is 5.91 Å². The summed E-state index contributed by atoms with van der Waals surface area (Å²) in [4.78, 5) is 24.9. The Balaban J connectivity index is 2.74. The van der Waals surface area contributed by atoms with Gasteiger partial charge in [-0.3, -0.25) is 9.59 Å². The standard InChI is InChI=1S/C16H22FNO3/c1-11(2)9-18(10-12(3)16(20)21)15(19)8-13-4-6-14(17)7-5-13/h4-7,11-12H,8-10H2,1-3H3,(H,20,21). The molecule has 0 spiro atoms. The molecule has 1 aromatic carbocycles. The van der Waals surface area contributed by atoms with Gasteiger partial charge in [0.15, 0.2) is 0 Å². The average Bonchev–Trinajstić information content (AvgIpc) is 2.39. The van der Waals surface area contributed by atoms with Gasteiger partial charge >= 0.3 is 5.97 Å². The minimum atomic E-state index is -0.918. The van der Waals surface area contributed by atoms with Crippen molar-refractivity contribution >= 4 is 11.9 Å². The minimum absolute atomic E-state index is 0.136. The Morgan fingerprint density at radius 3 is 2.19 bits per heavy atom. The van der Waals surface area contributed by atoms with Crippen LogP contribution in [0.3, 0.4) is 0 Å². The molecular weight excluding hydrogens is 273 g/mol. The zero-order valence-electron chi connectivity index (χ0n) is 12.7. The molecule has 0 aliphatic heterocycles. The Morgan fingerprint density at radius 1 is 1.14 bits per heavy atom. The summed E-state index contributed by atoms with van der Waals surface area (Å²) in [6.45, 7) is 6.24.